The number of nitrogens with zero attached hydrogens (tertiary/aromatic N) is 1. The average molecular weight is 248 g/mol. The molecule has 2 N–H and O–H groups in total. The molecular formula is C10H11F3N2O2. The Morgan fingerprint density at radius 3 is 2.71 bits per heavy atom. The van der Waals surface area contributed by atoms with Crippen LogP contribution in [-0.4, -0.2) is 18.1 Å². The first-order chi connectivity index (χ1) is 7.99. The highest BCUT2D eigenvalue weighted by Gasteiger charge is 2.20. The second-order valence-corrected chi connectivity index (χ2v) is 3.21. The van der Waals surface area contributed by atoms with E-state index in [1.54, 1.807) is 0 Å². The molecule has 4 nitrogen and oxygen atoms in total. The van der Waals surface area contributed by atoms with Crippen LogP contribution in [0.5, 0.6) is 0 Å². The van der Waals surface area contributed by atoms with E-state index >= 15 is 0 Å². The zero-order chi connectivity index (χ0) is 13.0. The number of hydrogen-bond donors (Lipinski definition) is 1. The third kappa shape index (κ3) is 3.16. The van der Waals surface area contributed by atoms with E-state index < -0.39 is 23.8 Å². The number of pyridine rings is 1. The van der Waals surface area contributed by atoms with Gasteiger partial charge in [0.2, 0.25) is 0 Å². The molecule has 0 bridgehead atoms. The number of aromatic nitrogens is 1. The number of halogens is 3. The van der Waals surface area contributed by atoms with E-state index in [0.717, 1.165) is 13.2 Å². The van der Waals surface area contributed by atoms with Gasteiger partial charge in [0.05, 0.1) is 30.5 Å². The molecule has 0 aliphatic rings. The van der Waals surface area contributed by atoms with Crippen LogP contribution in [0.4, 0.5) is 13.2 Å². The number of ether oxygens (including phenoxy) is 1. The van der Waals surface area contributed by atoms with Gasteiger partial charge in [-0.25, -0.2) is 13.2 Å². The Hall–Kier alpha value is -1.63. The Balaban J connectivity index is 3.13. The molecule has 0 saturated heterocycles. The number of rotatable bonds is 4. The molecule has 0 aliphatic carbocycles. The molecule has 0 aliphatic heterocycles. The Labute approximate surface area is 95.6 Å². The van der Waals surface area contributed by atoms with Crippen molar-refractivity contribution in [1.82, 2.24) is 4.98 Å². The van der Waals surface area contributed by atoms with E-state index in [-0.39, 0.29) is 24.4 Å². The number of carbonyl (C=O) groups excluding carboxylic acids is 1. The van der Waals surface area contributed by atoms with Crippen LogP contribution in [0.3, 0.4) is 0 Å². The summed E-state index contributed by atoms with van der Waals surface area (Å²) in [6.07, 6.45) is -3.28. The van der Waals surface area contributed by atoms with Crippen molar-refractivity contribution >= 4 is 5.97 Å². The third-order valence-electron chi connectivity index (χ3n) is 2.10. The summed E-state index contributed by atoms with van der Waals surface area (Å²) in [5.74, 6) is -1.75. The largest absolute Gasteiger partial charge is 0.469 e. The molecule has 0 atom stereocenters. The molecule has 0 saturated carbocycles. The molecule has 1 heterocycles. The second kappa shape index (κ2) is 5.62. The predicted molar refractivity (Wildman–Crippen MR) is 52.8 cm³/mol. The highest BCUT2D eigenvalue weighted by molar-refractivity contribution is 5.71. The van der Waals surface area contributed by atoms with Crippen molar-refractivity contribution in [3.05, 3.63) is 28.8 Å². The van der Waals surface area contributed by atoms with E-state index in [1.165, 1.54) is 0 Å². The topological polar surface area (TPSA) is 65.2 Å². The average Bonchev–Trinajstić information content (AvgIpc) is 2.27. The second-order valence-electron chi connectivity index (χ2n) is 3.21. The summed E-state index contributed by atoms with van der Waals surface area (Å²) in [6.45, 7) is -0.328. The zero-order valence-electron chi connectivity index (χ0n) is 9.04. The first-order valence-electron chi connectivity index (χ1n) is 4.72. The minimum atomic E-state index is -2.99. The molecule has 94 valence electrons. The minimum Gasteiger partial charge on any atom is -0.469 e. The van der Waals surface area contributed by atoms with Gasteiger partial charge in [-0.1, -0.05) is 0 Å². The van der Waals surface area contributed by atoms with Gasteiger partial charge >= 0.3 is 5.97 Å². The van der Waals surface area contributed by atoms with Crippen LogP contribution in [0.25, 0.3) is 0 Å². The van der Waals surface area contributed by atoms with Crippen LogP contribution < -0.4 is 5.73 Å². The van der Waals surface area contributed by atoms with Crippen molar-refractivity contribution < 1.29 is 22.7 Å². The van der Waals surface area contributed by atoms with Crippen molar-refractivity contribution in [3.8, 4) is 0 Å². The standard InChI is InChI=1S/C10H11F3N2O2/c1-17-8(16)3-5-2-6(11)9(10(12)13)7(4-14)15-5/h2,10H,3-4,14H2,1H3. The van der Waals surface area contributed by atoms with Gasteiger partial charge in [-0.2, -0.15) is 0 Å². The van der Waals surface area contributed by atoms with Gasteiger partial charge < -0.3 is 10.5 Å². The normalized spacial score (nSPS) is 10.7. The number of esters is 1. The van der Waals surface area contributed by atoms with Gasteiger partial charge in [-0.05, 0) is 6.07 Å². The van der Waals surface area contributed by atoms with Crippen LogP contribution in [0.15, 0.2) is 6.07 Å². The summed E-state index contributed by atoms with van der Waals surface area (Å²) >= 11 is 0. The first kappa shape index (κ1) is 13.4. The van der Waals surface area contributed by atoms with E-state index in [2.05, 4.69) is 9.72 Å². The fraction of sp³-hybridized carbons (Fsp3) is 0.400. The van der Waals surface area contributed by atoms with E-state index in [9.17, 15) is 18.0 Å². The molecule has 0 spiro atoms. The summed E-state index contributed by atoms with van der Waals surface area (Å²) in [5, 5.41) is 0. The van der Waals surface area contributed by atoms with Crippen LogP contribution in [0.2, 0.25) is 0 Å². The van der Waals surface area contributed by atoms with Gasteiger partial charge in [-0.3, -0.25) is 9.78 Å². The summed E-state index contributed by atoms with van der Waals surface area (Å²) in [6, 6.07) is 0.789. The van der Waals surface area contributed by atoms with Crippen molar-refractivity contribution in [1.29, 1.82) is 0 Å². The van der Waals surface area contributed by atoms with Crippen LogP contribution in [0.1, 0.15) is 23.4 Å². The maximum Gasteiger partial charge on any atom is 0.311 e. The molecule has 0 unspecified atom stereocenters. The highest BCUT2D eigenvalue weighted by atomic mass is 19.3. The molecule has 1 aromatic heterocycles. The molecule has 0 aromatic carbocycles. The third-order valence-corrected chi connectivity index (χ3v) is 2.10. The molecule has 1 rings (SSSR count). The van der Waals surface area contributed by atoms with Crippen molar-refractivity contribution in [2.24, 2.45) is 5.73 Å². The predicted octanol–water partition coefficient (Wildman–Crippen LogP) is 1.33. The molecular weight excluding hydrogens is 237 g/mol. The van der Waals surface area contributed by atoms with Crippen LogP contribution >= 0.6 is 0 Å². The smallest absolute Gasteiger partial charge is 0.311 e. The molecule has 7 heteroatoms. The van der Waals surface area contributed by atoms with E-state index in [0.29, 0.717) is 0 Å². The highest BCUT2D eigenvalue weighted by Crippen LogP contribution is 2.25. The molecule has 17 heavy (non-hydrogen) atoms. The maximum atomic E-state index is 13.4. The Kier molecular flexibility index (Phi) is 4.45. The summed E-state index contributed by atoms with van der Waals surface area (Å²) in [7, 11) is 1.16. The number of nitrogens with two attached hydrogens (primary N) is 1. The summed E-state index contributed by atoms with van der Waals surface area (Å²) in [5.41, 5.74) is 4.15. The lowest BCUT2D eigenvalue weighted by Crippen LogP contribution is -2.13. The fourth-order valence-corrected chi connectivity index (χ4v) is 1.32. The van der Waals surface area contributed by atoms with Gasteiger partial charge in [0, 0.05) is 6.54 Å². The van der Waals surface area contributed by atoms with Gasteiger partial charge in [0.25, 0.3) is 6.43 Å². The lowest BCUT2D eigenvalue weighted by molar-refractivity contribution is -0.139. The lowest BCUT2D eigenvalue weighted by Gasteiger charge is -2.09. The Morgan fingerprint density at radius 1 is 1.59 bits per heavy atom. The fourth-order valence-electron chi connectivity index (χ4n) is 1.32. The molecule has 1 aromatic rings. The van der Waals surface area contributed by atoms with Crippen molar-refractivity contribution in [2.45, 2.75) is 19.4 Å². The Morgan fingerprint density at radius 2 is 2.24 bits per heavy atom. The Bertz CT molecular complexity index is 424. The van der Waals surface area contributed by atoms with Gasteiger partial charge in [0.15, 0.2) is 0 Å². The maximum absolute atomic E-state index is 13.4. The van der Waals surface area contributed by atoms with E-state index in [4.69, 9.17) is 5.73 Å². The van der Waals surface area contributed by atoms with Crippen molar-refractivity contribution in [2.75, 3.05) is 7.11 Å². The van der Waals surface area contributed by atoms with E-state index in [1.807, 2.05) is 0 Å². The number of hydrogen-bond acceptors (Lipinski definition) is 4. The molecule has 0 radical (unpaired) electrons. The zero-order valence-corrected chi connectivity index (χ0v) is 9.04. The van der Waals surface area contributed by atoms with Crippen LogP contribution in [0, 0.1) is 5.82 Å². The SMILES string of the molecule is COC(=O)Cc1cc(F)c(C(F)F)c(CN)n1. The number of carbonyl (C=O) groups is 1. The van der Waals surface area contributed by atoms with Crippen molar-refractivity contribution in [3.63, 3.8) is 0 Å². The molecule has 0 fully saturated rings. The summed E-state index contributed by atoms with van der Waals surface area (Å²) < 4.78 is 42.8. The molecule has 0 amide bonds. The lowest BCUT2D eigenvalue weighted by atomic mass is 10.1. The van der Waals surface area contributed by atoms with Crippen LogP contribution in [-0.2, 0) is 22.5 Å². The summed E-state index contributed by atoms with van der Waals surface area (Å²) in [4.78, 5) is 14.7. The quantitative estimate of drug-likeness (QED) is 0.816. The minimum absolute atomic E-state index is 0.0131. The van der Waals surface area contributed by atoms with Gasteiger partial charge in [0.1, 0.15) is 5.82 Å². The van der Waals surface area contributed by atoms with Gasteiger partial charge in [-0.15, -0.1) is 0 Å². The first-order valence-corrected chi connectivity index (χ1v) is 4.72. The number of alkyl halides is 2. The number of methoxy groups -OCH3 is 1. The monoisotopic (exact) mass is 248 g/mol.